The van der Waals surface area contributed by atoms with E-state index in [1.807, 2.05) is 6.92 Å². The van der Waals surface area contributed by atoms with Crippen molar-refractivity contribution in [2.24, 2.45) is 17.8 Å². The van der Waals surface area contributed by atoms with Crippen LogP contribution in [0.15, 0.2) is 23.3 Å². The molecule has 3 rings (SSSR count). The van der Waals surface area contributed by atoms with Crippen molar-refractivity contribution in [3.05, 3.63) is 23.3 Å². The molecule has 2 fully saturated rings. The van der Waals surface area contributed by atoms with Crippen LogP contribution in [0.1, 0.15) is 46.5 Å². The number of aliphatic hydroxyl groups is 1. The Hall–Kier alpha value is -1.46. The maximum Gasteiger partial charge on any atom is 0.313 e. The second-order valence-electron chi connectivity index (χ2n) is 8.05. The lowest BCUT2D eigenvalue weighted by molar-refractivity contribution is -0.165. The summed E-state index contributed by atoms with van der Waals surface area (Å²) in [7, 11) is 0. The van der Waals surface area contributed by atoms with Gasteiger partial charge in [-0.15, -0.1) is 0 Å². The highest BCUT2D eigenvalue weighted by molar-refractivity contribution is 5.88. The molecule has 25 heavy (non-hydrogen) atoms. The van der Waals surface area contributed by atoms with Crippen LogP contribution >= 0.6 is 0 Å². The molecule has 2 saturated heterocycles. The number of aliphatic hydroxyl groups excluding tert-OH is 1. The number of hydrogen-bond acceptors (Lipinski definition) is 5. The number of rotatable bonds is 4. The fourth-order valence-corrected chi connectivity index (χ4v) is 4.39. The first-order chi connectivity index (χ1) is 11.9. The Morgan fingerprint density at radius 2 is 2.20 bits per heavy atom. The minimum Gasteiger partial charge on any atom is -0.465 e. The third-order valence-electron chi connectivity index (χ3n) is 5.87. The molecule has 0 saturated carbocycles. The van der Waals surface area contributed by atoms with Gasteiger partial charge in [0.2, 0.25) is 0 Å². The first-order valence-corrected chi connectivity index (χ1v) is 9.17. The Morgan fingerprint density at radius 1 is 1.44 bits per heavy atom. The van der Waals surface area contributed by atoms with Gasteiger partial charge >= 0.3 is 5.97 Å². The van der Waals surface area contributed by atoms with Crippen LogP contribution in [0.4, 0.5) is 0 Å². The van der Waals surface area contributed by atoms with Crippen molar-refractivity contribution in [2.45, 2.75) is 64.3 Å². The lowest BCUT2D eigenvalue weighted by Gasteiger charge is -2.40. The summed E-state index contributed by atoms with van der Waals surface area (Å²) in [5.74, 6) is -1.32. The van der Waals surface area contributed by atoms with Gasteiger partial charge in [-0.1, -0.05) is 17.7 Å². The van der Waals surface area contributed by atoms with Crippen LogP contribution in [-0.2, 0) is 19.1 Å². The van der Waals surface area contributed by atoms with Crippen LogP contribution < -0.4 is 0 Å². The van der Waals surface area contributed by atoms with Gasteiger partial charge in [0.25, 0.3) is 0 Å². The molecule has 0 unspecified atom stereocenters. The lowest BCUT2D eigenvalue weighted by atomic mass is 9.70. The molecule has 0 radical (unpaired) electrons. The van der Waals surface area contributed by atoms with Gasteiger partial charge in [-0.2, -0.15) is 0 Å². The smallest absolute Gasteiger partial charge is 0.313 e. The Morgan fingerprint density at radius 3 is 2.88 bits per heavy atom. The van der Waals surface area contributed by atoms with Gasteiger partial charge in [0.1, 0.15) is 6.29 Å². The number of fused-ring (bicyclic) bond motifs is 2. The summed E-state index contributed by atoms with van der Waals surface area (Å²) in [6, 6.07) is 0. The maximum absolute atomic E-state index is 12.4. The van der Waals surface area contributed by atoms with E-state index in [0.717, 1.165) is 19.1 Å². The highest BCUT2D eigenvalue weighted by Gasteiger charge is 2.56. The third kappa shape index (κ3) is 3.72. The minimum absolute atomic E-state index is 0.0115. The molecule has 3 aliphatic rings. The summed E-state index contributed by atoms with van der Waals surface area (Å²) in [6.07, 6.45) is 6.81. The predicted molar refractivity (Wildman–Crippen MR) is 92.8 cm³/mol. The molecule has 138 valence electrons. The fourth-order valence-electron chi connectivity index (χ4n) is 4.39. The Bertz CT molecular complexity index is 603. The largest absolute Gasteiger partial charge is 0.465 e. The molecule has 0 aromatic rings. The van der Waals surface area contributed by atoms with Crippen molar-refractivity contribution in [1.29, 1.82) is 0 Å². The molecule has 5 heteroatoms. The molecule has 1 N–H and O–H groups in total. The number of epoxide rings is 1. The van der Waals surface area contributed by atoms with E-state index < -0.39 is 12.0 Å². The van der Waals surface area contributed by atoms with Gasteiger partial charge in [0.15, 0.2) is 0 Å². The van der Waals surface area contributed by atoms with Crippen molar-refractivity contribution in [3.63, 3.8) is 0 Å². The lowest BCUT2D eigenvalue weighted by Crippen LogP contribution is -2.47. The average Bonchev–Trinajstić information content (AvgIpc) is 3.17. The SMILES string of the molecule is CC(C)=CCC[C@@H]1COC(=O)[C@H]2/C(C=O)=C\C[C@H]3O[C@@]3(C)C[C@H](O)[C@H]12. The number of carbonyl (C=O) groups excluding carboxylic acids is 2. The number of hydrogen-bond donors (Lipinski definition) is 1. The molecule has 0 amide bonds. The van der Waals surface area contributed by atoms with Gasteiger partial charge in [-0.05, 0) is 46.0 Å². The molecule has 2 heterocycles. The van der Waals surface area contributed by atoms with E-state index in [2.05, 4.69) is 19.9 Å². The summed E-state index contributed by atoms with van der Waals surface area (Å²) >= 11 is 0. The van der Waals surface area contributed by atoms with Gasteiger partial charge in [0.05, 0.1) is 30.3 Å². The van der Waals surface area contributed by atoms with Gasteiger partial charge in [-0.3, -0.25) is 9.59 Å². The molecule has 0 bridgehead atoms. The monoisotopic (exact) mass is 348 g/mol. The van der Waals surface area contributed by atoms with Gasteiger partial charge in [0, 0.05) is 17.9 Å². The molecule has 1 aliphatic carbocycles. The zero-order valence-corrected chi connectivity index (χ0v) is 15.2. The number of aldehydes is 1. The van der Waals surface area contributed by atoms with Crippen LogP contribution in [0.5, 0.6) is 0 Å². The summed E-state index contributed by atoms with van der Waals surface area (Å²) in [6.45, 7) is 6.41. The number of ether oxygens (including phenoxy) is 2. The molecule has 0 spiro atoms. The normalized spacial score (nSPS) is 42.3. The van der Waals surface area contributed by atoms with E-state index >= 15 is 0 Å². The number of carbonyl (C=O) groups is 2. The Balaban J connectivity index is 1.90. The summed E-state index contributed by atoms with van der Waals surface area (Å²) < 4.78 is 11.1. The van der Waals surface area contributed by atoms with E-state index in [9.17, 15) is 14.7 Å². The van der Waals surface area contributed by atoms with E-state index in [0.29, 0.717) is 25.0 Å². The molecule has 6 atom stereocenters. The summed E-state index contributed by atoms with van der Waals surface area (Å²) in [5.41, 5.74) is 1.32. The Labute approximate surface area is 149 Å². The van der Waals surface area contributed by atoms with E-state index in [4.69, 9.17) is 9.47 Å². The van der Waals surface area contributed by atoms with Gasteiger partial charge in [-0.25, -0.2) is 0 Å². The van der Waals surface area contributed by atoms with Crippen molar-refractivity contribution in [3.8, 4) is 0 Å². The molecule has 2 aliphatic heterocycles. The average molecular weight is 348 g/mol. The zero-order valence-electron chi connectivity index (χ0n) is 15.2. The first-order valence-electron chi connectivity index (χ1n) is 9.17. The summed E-state index contributed by atoms with van der Waals surface area (Å²) in [5, 5.41) is 11.0. The van der Waals surface area contributed by atoms with Crippen LogP contribution in [0.25, 0.3) is 0 Å². The van der Waals surface area contributed by atoms with Crippen LogP contribution in [-0.4, -0.2) is 41.8 Å². The third-order valence-corrected chi connectivity index (χ3v) is 5.87. The topological polar surface area (TPSA) is 76.1 Å². The van der Waals surface area contributed by atoms with Crippen LogP contribution in [0, 0.1) is 17.8 Å². The Kier molecular flexibility index (Phi) is 5.16. The molecule has 0 aromatic heterocycles. The maximum atomic E-state index is 12.4. The fraction of sp³-hybridized carbons (Fsp3) is 0.700. The highest BCUT2D eigenvalue weighted by Crippen LogP contribution is 2.48. The first kappa shape index (κ1) is 18.3. The van der Waals surface area contributed by atoms with Crippen molar-refractivity contribution >= 4 is 12.3 Å². The molecule has 5 nitrogen and oxygen atoms in total. The van der Waals surface area contributed by atoms with Crippen molar-refractivity contribution < 1.29 is 24.2 Å². The molecule has 0 aromatic carbocycles. The number of esters is 1. The van der Waals surface area contributed by atoms with Gasteiger partial charge < -0.3 is 14.6 Å². The van der Waals surface area contributed by atoms with Crippen molar-refractivity contribution in [1.82, 2.24) is 0 Å². The predicted octanol–water partition coefficient (Wildman–Crippen LogP) is 2.58. The van der Waals surface area contributed by atoms with E-state index in [-0.39, 0.29) is 29.5 Å². The summed E-state index contributed by atoms with van der Waals surface area (Å²) in [4.78, 5) is 24.1. The minimum atomic E-state index is -0.689. The van der Waals surface area contributed by atoms with E-state index in [1.165, 1.54) is 5.57 Å². The second-order valence-corrected chi connectivity index (χ2v) is 8.05. The number of cyclic esters (lactones) is 1. The number of allylic oxidation sites excluding steroid dienone is 2. The zero-order chi connectivity index (χ0) is 18.2. The van der Waals surface area contributed by atoms with Crippen LogP contribution in [0.3, 0.4) is 0 Å². The van der Waals surface area contributed by atoms with E-state index in [1.54, 1.807) is 6.08 Å². The molecular formula is C20H28O5. The van der Waals surface area contributed by atoms with Crippen molar-refractivity contribution in [2.75, 3.05) is 6.61 Å². The molecular weight excluding hydrogens is 320 g/mol. The standard InChI is InChI=1S/C20H28O5/c1-12(2)5-4-6-14-11-24-19(23)18-13(10-21)7-8-16-20(3,25-16)9-15(22)17(14)18/h5,7,10,14-18,22H,4,6,8-9,11H2,1-3H3/b13-7-/t14-,15+,16-,17+,18+,20+/m1/s1. The van der Waals surface area contributed by atoms with Crippen LogP contribution in [0.2, 0.25) is 0 Å². The highest BCUT2D eigenvalue weighted by atomic mass is 16.6. The quantitative estimate of drug-likeness (QED) is 0.366. The second kappa shape index (κ2) is 7.04.